The maximum Gasteiger partial charge on any atom is 0.288 e. The molecule has 1 N–H and O–H groups in total. The molecule has 0 saturated heterocycles. The van der Waals surface area contributed by atoms with Crippen molar-refractivity contribution >= 4 is 28.9 Å². The summed E-state index contributed by atoms with van der Waals surface area (Å²) in [7, 11) is 0. The van der Waals surface area contributed by atoms with Crippen LogP contribution in [0.4, 0.5) is 15.8 Å². The predicted octanol–water partition coefficient (Wildman–Crippen LogP) is 2.50. The van der Waals surface area contributed by atoms with Gasteiger partial charge >= 0.3 is 0 Å². The maximum absolute atomic E-state index is 13.0. The highest BCUT2D eigenvalue weighted by atomic mass is 35.5. The van der Waals surface area contributed by atoms with E-state index >= 15 is 0 Å². The molecule has 0 aliphatic heterocycles. The van der Waals surface area contributed by atoms with E-state index in [1.54, 1.807) is 0 Å². The maximum atomic E-state index is 13.0. The van der Waals surface area contributed by atoms with Gasteiger partial charge in [0.1, 0.15) is 12.4 Å². The molecular weight excluding hydrogens is 329 g/mol. The number of nitrogens with zero attached hydrogens (tertiary/aromatic N) is 2. The Morgan fingerprint density at radius 2 is 2.13 bits per heavy atom. The third-order valence-electron chi connectivity index (χ3n) is 3.02. The third kappa shape index (κ3) is 3.92. The highest BCUT2D eigenvalue weighted by molar-refractivity contribution is 6.31. The number of hydrogen-bond donors (Lipinski definition) is 1. The fourth-order valence-corrected chi connectivity index (χ4v) is 2.08. The van der Waals surface area contributed by atoms with Gasteiger partial charge in [-0.3, -0.25) is 24.3 Å². The van der Waals surface area contributed by atoms with Crippen LogP contribution in [0.3, 0.4) is 0 Å². The quantitative estimate of drug-likeness (QED) is 0.684. The van der Waals surface area contributed by atoms with Gasteiger partial charge in [-0.15, -0.1) is 0 Å². The summed E-state index contributed by atoms with van der Waals surface area (Å²) >= 11 is 5.60. The molecule has 0 unspecified atom stereocenters. The molecule has 2 aromatic rings. The second kappa shape index (κ2) is 6.57. The Morgan fingerprint density at radius 1 is 1.43 bits per heavy atom. The summed E-state index contributed by atoms with van der Waals surface area (Å²) in [5, 5.41) is 13.1. The Hall–Kier alpha value is -2.74. The van der Waals surface area contributed by atoms with Crippen molar-refractivity contribution in [1.29, 1.82) is 0 Å². The van der Waals surface area contributed by atoms with Crippen LogP contribution in [-0.4, -0.2) is 15.4 Å². The van der Waals surface area contributed by atoms with Crippen LogP contribution >= 0.6 is 11.6 Å². The minimum atomic E-state index is -0.636. The lowest BCUT2D eigenvalue weighted by Crippen LogP contribution is -2.27. The Bertz CT molecular complexity index is 850. The number of carbonyl (C=O) groups is 1. The normalized spacial score (nSPS) is 10.4. The van der Waals surface area contributed by atoms with E-state index in [0.29, 0.717) is 0 Å². The van der Waals surface area contributed by atoms with E-state index in [9.17, 15) is 24.1 Å². The van der Waals surface area contributed by atoms with Crippen molar-refractivity contribution in [3.63, 3.8) is 0 Å². The van der Waals surface area contributed by atoms with Crippen LogP contribution < -0.4 is 10.9 Å². The standard InChI is InChI=1S/C14H11ClFN3O4/c1-8-4-14(21)18(6-12(8)19(22)23)7-13(20)17-9-2-3-11(16)10(15)5-9/h2-6H,7H2,1H3,(H,17,20). The number of carbonyl (C=O) groups excluding carboxylic acids is 1. The first-order chi connectivity index (χ1) is 10.8. The largest absolute Gasteiger partial charge is 0.324 e. The zero-order valence-corrected chi connectivity index (χ0v) is 12.6. The number of rotatable bonds is 4. The minimum absolute atomic E-state index is 0.161. The second-order valence-corrected chi connectivity index (χ2v) is 5.15. The molecule has 7 nitrogen and oxygen atoms in total. The molecule has 0 aliphatic carbocycles. The number of benzene rings is 1. The highest BCUT2D eigenvalue weighted by Crippen LogP contribution is 2.19. The third-order valence-corrected chi connectivity index (χ3v) is 3.31. The van der Waals surface area contributed by atoms with Crippen molar-refractivity contribution in [1.82, 2.24) is 4.57 Å². The van der Waals surface area contributed by atoms with Gasteiger partial charge in [0.25, 0.3) is 11.2 Å². The lowest BCUT2D eigenvalue weighted by molar-refractivity contribution is -0.385. The van der Waals surface area contributed by atoms with Crippen molar-refractivity contribution in [2.24, 2.45) is 0 Å². The Morgan fingerprint density at radius 3 is 2.74 bits per heavy atom. The molecule has 120 valence electrons. The van der Waals surface area contributed by atoms with E-state index in [2.05, 4.69) is 5.32 Å². The van der Waals surface area contributed by atoms with Crippen molar-refractivity contribution in [3.8, 4) is 0 Å². The van der Waals surface area contributed by atoms with Crippen LogP contribution in [0, 0.1) is 22.9 Å². The van der Waals surface area contributed by atoms with Gasteiger partial charge in [-0.25, -0.2) is 4.39 Å². The molecule has 0 radical (unpaired) electrons. The van der Waals surface area contributed by atoms with Gasteiger partial charge in [0.15, 0.2) is 0 Å². The fourth-order valence-electron chi connectivity index (χ4n) is 1.90. The van der Waals surface area contributed by atoms with Crippen LogP contribution in [0.5, 0.6) is 0 Å². The number of hydrogen-bond acceptors (Lipinski definition) is 4. The first kappa shape index (κ1) is 16.6. The molecule has 0 aliphatic rings. The van der Waals surface area contributed by atoms with Crippen LogP contribution in [0.2, 0.25) is 5.02 Å². The highest BCUT2D eigenvalue weighted by Gasteiger charge is 2.15. The molecule has 0 atom stereocenters. The Balaban J connectivity index is 2.20. The van der Waals surface area contributed by atoms with E-state index in [1.807, 2.05) is 0 Å². The molecule has 2 rings (SSSR count). The summed E-state index contributed by atoms with van der Waals surface area (Å²) < 4.78 is 14.0. The van der Waals surface area contributed by atoms with Crippen molar-refractivity contribution < 1.29 is 14.1 Å². The lowest BCUT2D eigenvalue weighted by atomic mass is 10.2. The molecule has 9 heteroatoms. The van der Waals surface area contributed by atoms with E-state index in [0.717, 1.165) is 22.9 Å². The summed E-state index contributed by atoms with van der Waals surface area (Å²) in [6.45, 7) is 1.01. The monoisotopic (exact) mass is 339 g/mol. The van der Waals surface area contributed by atoms with E-state index in [-0.39, 0.29) is 22.0 Å². The number of aryl methyl sites for hydroxylation is 1. The van der Waals surface area contributed by atoms with Gasteiger partial charge in [0.05, 0.1) is 16.1 Å². The number of anilines is 1. The van der Waals surface area contributed by atoms with Crippen LogP contribution in [0.15, 0.2) is 35.3 Å². The van der Waals surface area contributed by atoms with E-state index in [1.165, 1.54) is 19.1 Å². The first-order valence-corrected chi connectivity index (χ1v) is 6.76. The van der Waals surface area contributed by atoms with Gasteiger partial charge in [0.2, 0.25) is 5.91 Å². The summed E-state index contributed by atoms with van der Waals surface area (Å²) in [5.41, 5.74) is -0.347. The summed E-state index contributed by atoms with van der Waals surface area (Å²) in [4.78, 5) is 33.9. The molecule has 23 heavy (non-hydrogen) atoms. The van der Waals surface area contributed by atoms with Crippen molar-refractivity contribution in [3.05, 3.63) is 67.3 Å². The average Bonchev–Trinajstić information content (AvgIpc) is 2.45. The molecule has 1 aromatic heterocycles. The number of aromatic nitrogens is 1. The number of halogens is 2. The fraction of sp³-hybridized carbons (Fsp3) is 0.143. The predicted molar refractivity (Wildman–Crippen MR) is 82.1 cm³/mol. The van der Waals surface area contributed by atoms with Crippen molar-refractivity contribution in [2.45, 2.75) is 13.5 Å². The molecule has 0 saturated carbocycles. The van der Waals surface area contributed by atoms with E-state index < -0.39 is 28.8 Å². The van der Waals surface area contributed by atoms with E-state index in [4.69, 9.17) is 11.6 Å². The zero-order valence-electron chi connectivity index (χ0n) is 11.9. The van der Waals surface area contributed by atoms with Gasteiger partial charge in [-0.2, -0.15) is 0 Å². The molecular formula is C14H11ClFN3O4. The number of pyridine rings is 1. The topological polar surface area (TPSA) is 94.2 Å². The SMILES string of the molecule is Cc1cc(=O)n(CC(=O)Nc2ccc(F)c(Cl)c2)cc1[N+](=O)[O-]. The summed E-state index contributed by atoms with van der Waals surface area (Å²) in [6.07, 6.45) is 1.01. The summed E-state index contributed by atoms with van der Waals surface area (Å²) in [5.74, 6) is -1.23. The van der Waals surface area contributed by atoms with Gasteiger partial charge in [-0.05, 0) is 25.1 Å². The molecule has 0 bridgehead atoms. The lowest BCUT2D eigenvalue weighted by Gasteiger charge is -2.08. The van der Waals surface area contributed by atoms with Gasteiger partial charge < -0.3 is 5.32 Å². The molecule has 1 aromatic carbocycles. The Labute approximate surface area is 134 Å². The van der Waals surface area contributed by atoms with Gasteiger partial charge in [0, 0.05) is 17.3 Å². The number of nitro groups is 1. The molecule has 0 fully saturated rings. The average molecular weight is 340 g/mol. The molecule has 1 heterocycles. The molecule has 0 spiro atoms. The first-order valence-electron chi connectivity index (χ1n) is 6.38. The number of amides is 1. The van der Waals surface area contributed by atoms with Crippen LogP contribution in [0.1, 0.15) is 5.56 Å². The van der Waals surface area contributed by atoms with Crippen molar-refractivity contribution in [2.75, 3.05) is 5.32 Å². The number of nitrogens with one attached hydrogen (secondary N) is 1. The van der Waals surface area contributed by atoms with Crippen LogP contribution in [-0.2, 0) is 11.3 Å². The Kier molecular flexibility index (Phi) is 4.75. The molecule has 1 amide bonds. The van der Waals surface area contributed by atoms with Crippen LogP contribution in [0.25, 0.3) is 0 Å². The second-order valence-electron chi connectivity index (χ2n) is 4.74. The smallest absolute Gasteiger partial charge is 0.288 e. The van der Waals surface area contributed by atoms with Gasteiger partial charge in [-0.1, -0.05) is 11.6 Å². The summed E-state index contributed by atoms with van der Waals surface area (Å²) in [6, 6.07) is 4.69. The minimum Gasteiger partial charge on any atom is -0.324 e. The zero-order chi connectivity index (χ0) is 17.1.